The maximum atomic E-state index is 12.3. The van der Waals surface area contributed by atoms with E-state index in [2.05, 4.69) is 20.3 Å². The van der Waals surface area contributed by atoms with Crippen LogP contribution in [0.5, 0.6) is 0 Å². The number of carbonyl (C=O) groups excluding carboxylic acids is 1. The number of likely N-dealkylation sites (N-methyl/N-ethyl adjacent to an activating group) is 1. The number of nitrogens with one attached hydrogen (secondary N) is 1. The first-order chi connectivity index (χ1) is 12.0. The summed E-state index contributed by atoms with van der Waals surface area (Å²) in [4.78, 5) is 18.3. The zero-order valence-corrected chi connectivity index (χ0v) is 14.8. The Bertz CT molecular complexity index is 712. The van der Waals surface area contributed by atoms with Crippen LogP contribution in [0.4, 0.5) is 0 Å². The lowest BCUT2D eigenvalue weighted by molar-refractivity contribution is -0.136. The van der Waals surface area contributed by atoms with Gasteiger partial charge in [0.15, 0.2) is 5.82 Å². The van der Waals surface area contributed by atoms with Crippen LogP contribution >= 0.6 is 0 Å². The minimum atomic E-state index is -0.0961. The maximum absolute atomic E-state index is 12.3. The van der Waals surface area contributed by atoms with E-state index in [1.54, 1.807) is 22.8 Å². The van der Waals surface area contributed by atoms with Crippen LogP contribution < -0.4 is 0 Å². The zero-order chi connectivity index (χ0) is 17.8. The van der Waals surface area contributed by atoms with Crippen molar-refractivity contribution < 1.29 is 14.3 Å². The third kappa shape index (κ3) is 4.23. The van der Waals surface area contributed by atoms with Gasteiger partial charge in [-0.3, -0.25) is 14.6 Å². The molecule has 0 aromatic carbocycles. The van der Waals surface area contributed by atoms with Gasteiger partial charge in [0, 0.05) is 33.4 Å². The summed E-state index contributed by atoms with van der Waals surface area (Å²) in [6.07, 6.45) is 2.47. The number of hydrogen-bond acceptors (Lipinski definition) is 6. The van der Waals surface area contributed by atoms with Gasteiger partial charge in [0.05, 0.1) is 24.3 Å². The minimum absolute atomic E-state index is 0.0266. The lowest BCUT2D eigenvalue weighted by atomic mass is 10.0. The van der Waals surface area contributed by atoms with E-state index in [9.17, 15) is 4.79 Å². The zero-order valence-electron chi connectivity index (χ0n) is 14.8. The van der Waals surface area contributed by atoms with E-state index in [1.807, 2.05) is 20.0 Å². The van der Waals surface area contributed by atoms with E-state index in [0.29, 0.717) is 19.8 Å². The molecule has 2 aromatic rings. The second kappa shape index (κ2) is 7.75. The fourth-order valence-electron chi connectivity index (χ4n) is 2.92. The van der Waals surface area contributed by atoms with Gasteiger partial charge in [0.2, 0.25) is 5.91 Å². The number of ether oxygens (including phenoxy) is 2. The van der Waals surface area contributed by atoms with Crippen molar-refractivity contribution in [1.82, 2.24) is 29.9 Å². The molecule has 0 spiro atoms. The average molecular weight is 348 g/mol. The van der Waals surface area contributed by atoms with Crippen molar-refractivity contribution in [2.45, 2.75) is 32.0 Å². The van der Waals surface area contributed by atoms with Crippen molar-refractivity contribution in [3.05, 3.63) is 29.6 Å². The fraction of sp³-hybridized carbons (Fsp3) is 0.625. The van der Waals surface area contributed by atoms with E-state index in [0.717, 1.165) is 23.8 Å². The Labute approximate surface area is 146 Å². The molecule has 0 radical (unpaired) electrons. The van der Waals surface area contributed by atoms with Crippen molar-refractivity contribution in [2.24, 2.45) is 7.05 Å². The highest BCUT2D eigenvalue weighted by Gasteiger charge is 2.34. The molecule has 0 aliphatic carbocycles. The molecule has 1 N–H and O–H groups in total. The molecule has 1 saturated heterocycles. The second-order valence-corrected chi connectivity index (χ2v) is 6.30. The SMILES string of the molecule is Cc1nc([C@@H]2CCO[C@@H]2CN(C)C(=O)COCc2ccnn2C)n[nH]1. The van der Waals surface area contributed by atoms with E-state index in [4.69, 9.17) is 9.47 Å². The molecule has 0 saturated carbocycles. The highest BCUT2D eigenvalue weighted by atomic mass is 16.5. The molecular formula is C16H24N6O3. The number of rotatable bonds is 7. The molecule has 9 heteroatoms. The molecule has 1 amide bonds. The van der Waals surface area contributed by atoms with Gasteiger partial charge in [0.25, 0.3) is 0 Å². The Morgan fingerprint density at radius 2 is 2.40 bits per heavy atom. The number of aromatic nitrogens is 5. The fourth-order valence-corrected chi connectivity index (χ4v) is 2.92. The van der Waals surface area contributed by atoms with Crippen LogP contribution in [0.3, 0.4) is 0 Å². The van der Waals surface area contributed by atoms with E-state index in [-0.39, 0.29) is 24.5 Å². The summed E-state index contributed by atoms with van der Waals surface area (Å²) in [6.45, 7) is 3.40. The normalized spacial score (nSPS) is 20.1. The van der Waals surface area contributed by atoms with Crippen LogP contribution in [0.2, 0.25) is 0 Å². The Morgan fingerprint density at radius 1 is 1.56 bits per heavy atom. The number of carbonyl (C=O) groups is 1. The largest absolute Gasteiger partial charge is 0.376 e. The highest BCUT2D eigenvalue weighted by Crippen LogP contribution is 2.29. The van der Waals surface area contributed by atoms with Crippen LogP contribution in [-0.4, -0.2) is 68.7 Å². The molecule has 1 aliphatic heterocycles. The third-order valence-electron chi connectivity index (χ3n) is 4.43. The van der Waals surface area contributed by atoms with Gasteiger partial charge < -0.3 is 14.4 Å². The Kier molecular flexibility index (Phi) is 5.44. The number of amides is 1. The number of aryl methyl sites for hydroxylation is 2. The van der Waals surface area contributed by atoms with Gasteiger partial charge in [0.1, 0.15) is 12.4 Å². The van der Waals surface area contributed by atoms with Crippen molar-refractivity contribution in [1.29, 1.82) is 0 Å². The first-order valence-corrected chi connectivity index (χ1v) is 8.33. The Hall–Kier alpha value is -2.26. The summed E-state index contributed by atoms with van der Waals surface area (Å²) in [6, 6.07) is 1.87. The van der Waals surface area contributed by atoms with Gasteiger partial charge in [-0.2, -0.15) is 10.2 Å². The van der Waals surface area contributed by atoms with Crippen molar-refractivity contribution in [2.75, 3.05) is 26.8 Å². The van der Waals surface area contributed by atoms with Gasteiger partial charge in [-0.25, -0.2) is 4.98 Å². The van der Waals surface area contributed by atoms with Crippen molar-refractivity contribution in [3.8, 4) is 0 Å². The van der Waals surface area contributed by atoms with Gasteiger partial charge in [-0.1, -0.05) is 0 Å². The second-order valence-electron chi connectivity index (χ2n) is 6.30. The Balaban J connectivity index is 1.48. The Morgan fingerprint density at radius 3 is 3.08 bits per heavy atom. The van der Waals surface area contributed by atoms with E-state index in [1.165, 1.54) is 0 Å². The number of hydrogen-bond donors (Lipinski definition) is 1. The molecule has 9 nitrogen and oxygen atoms in total. The summed E-state index contributed by atoms with van der Waals surface area (Å²) in [5.41, 5.74) is 0.926. The summed E-state index contributed by atoms with van der Waals surface area (Å²) < 4.78 is 13.0. The number of aromatic amines is 1. The molecule has 136 valence electrons. The molecule has 3 heterocycles. The highest BCUT2D eigenvalue weighted by molar-refractivity contribution is 5.77. The van der Waals surface area contributed by atoms with E-state index >= 15 is 0 Å². The topological polar surface area (TPSA) is 98.2 Å². The van der Waals surface area contributed by atoms with Crippen molar-refractivity contribution in [3.63, 3.8) is 0 Å². The van der Waals surface area contributed by atoms with E-state index < -0.39 is 0 Å². The molecular weight excluding hydrogens is 324 g/mol. The molecule has 2 atom stereocenters. The van der Waals surface area contributed by atoms with Crippen LogP contribution in [0.15, 0.2) is 12.3 Å². The van der Waals surface area contributed by atoms with Gasteiger partial charge in [-0.15, -0.1) is 0 Å². The monoisotopic (exact) mass is 348 g/mol. The number of nitrogens with zero attached hydrogens (tertiary/aromatic N) is 5. The minimum Gasteiger partial charge on any atom is -0.376 e. The van der Waals surface area contributed by atoms with Crippen molar-refractivity contribution >= 4 is 5.91 Å². The lowest BCUT2D eigenvalue weighted by Gasteiger charge is -2.23. The standard InChI is InChI=1S/C16H24N6O3/c1-11-18-16(20-19-11)13-5-7-25-14(13)8-21(2)15(23)10-24-9-12-4-6-17-22(12)3/h4,6,13-14H,5,7-10H2,1-3H3,(H,18,19,20)/t13-,14-/m1/s1. The first-order valence-electron chi connectivity index (χ1n) is 8.33. The van der Waals surface area contributed by atoms with Gasteiger partial charge >= 0.3 is 0 Å². The van der Waals surface area contributed by atoms with Gasteiger partial charge in [-0.05, 0) is 19.4 Å². The smallest absolute Gasteiger partial charge is 0.248 e. The molecule has 1 fully saturated rings. The summed E-state index contributed by atoms with van der Waals surface area (Å²) >= 11 is 0. The molecule has 25 heavy (non-hydrogen) atoms. The first kappa shape index (κ1) is 17.6. The quantitative estimate of drug-likeness (QED) is 0.777. The lowest BCUT2D eigenvalue weighted by Crippen LogP contribution is -2.38. The predicted octanol–water partition coefficient (Wildman–Crippen LogP) is 0.394. The molecule has 0 unspecified atom stereocenters. The van der Waals surface area contributed by atoms with Crippen LogP contribution in [0.1, 0.15) is 29.7 Å². The molecule has 0 bridgehead atoms. The van der Waals surface area contributed by atoms with Crippen LogP contribution in [0, 0.1) is 6.92 Å². The molecule has 3 rings (SSSR count). The molecule has 1 aliphatic rings. The average Bonchev–Trinajstić information content (AvgIpc) is 3.29. The van der Waals surface area contributed by atoms with Crippen LogP contribution in [-0.2, 0) is 27.9 Å². The summed E-state index contributed by atoms with van der Waals surface area (Å²) in [7, 11) is 3.60. The van der Waals surface area contributed by atoms with Crippen LogP contribution in [0.25, 0.3) is 0 Å². The third-order valence-corrected chi connectivity index (χ3v) is 4.43. The summed E-state index contributed by atoms with van der Waals surface area (Å²) in [5.74, 6) is 1.57. The summed E-state index contributed by atoms with van der Waals surface area (Å²) in [5, 5.41) is 11.2. The molecule has 2 aromatic heterocycles. The number of H-pyrrole nitrogens is 1. The maximum Gasteiger partial charge on any atom is 0.248 e. The predicted molar refractivity (Wildman–Crippen MR) is 88.7 cm³/mol.